The number of nitrogens with one attached hydrogen (secondary N) is 1. The molecular formula is C19H26N4O2. The van der Waals surface area contributed by atoms with Gasteiger partial charge in [0.25, 0.3) is 5.91 Å². The summed E-state index contributed by atoms with van der Waals surface area (Å²) < 4.78 is 7.36. The smallest absolute Gasteiger partial charge is 0.257 e. The van der Waals surface area contributed by atoms with Crippen LogP contribution >= 0.6 is 0 Å². The van der Waals surface area contributed by atoms with Crippen LogP contribution in [-0.4, -0.2) is 33.6 Å². The van der Waals surface area contributed by atoms with Gasteiger partial charge in [0.05, 0.1) is 19.5 Å². The maximum atomic E-state index is 13.0. The highest BCUT2D eigenvalue weighted by Gasteiger charge is 2.29. The Kier molecular flexibility index (Phi) is 4.79. The van der Waals surface area contributed by atoms with E-state index in [-0.39, 0.29) is 17.4 Å². The molecule has 2 aromatic heterocycles. The molecule has 0 saturated carbocycles. The minimum atomic E-state index is -0.140. The zero-order valence-corrected chi connectivity index (χ0v) is 15.4. The number of ether oxygens (including phenoxy) is 1. The highest BCUT2D eigenvalue weighted by Crippen LogP contribution is 2.27. The first-order valence-electron chi connectivity index (χ1n) is 8.72. The molecule has 6 nitrogen and oxygen atoms in total. The second-order valence-corrected chi connectivity index (χ2v) is 7.66. The van der Waals surface area contributed by atoms with Crippen molar-refractivity contribution in [1.29, 1.82) is 0 Å². The molecule has 0 aliphatic heterocycles. The molecular weight excluding hydrogens is 316 g/mol. The van der Waals surface area contributed by atoms with E-state index in [2.05, 4.69) is 36.1 Å². The molecule has 1 amide bonds. The summed E-state index contributed by atoms with van der Waals surface area (Å²) in [7, 11) is 1.56. The Balaban J connectivity index is 1.84. The van der Waals surface area contributed by atoms with Crippen molar-refractivity contribution in [3.63, 3.8) is 0 Å². The number of methoxy groups -OCH3 is 1. The number of fused-ring (bicyclic) bond motifs is 1. The topological polar surface area (TPSA) is 69.0 Å². The monoisotopic (exact) mass is 342 g/mol. The first-order chi connectivity index (χ1) is 11.9. The second kappa shape index (κ2) is 6.86. The maximum absolute atomic E-state index is 13.0. The maximum Gasteiger partial charge on any atom is 0.257 e. The summed E-state index contributed by atoms with van der Waals surface area (Å²) in [5, 5.41) is 3.17. The number of hydrogen-bond donors (Lipinski definition) is 1. The predicted molar refractivity (Wildman–Crippen MR) is 95.8 cm³/mol. The Morgan fingerprint density at radius 1 is 1.40 bits per heavy atom. The van der Waals surface area contributed by atoms with Crippen molar-refractivity contribution in [2.45, 2.75) is 52.6 Å². The van der Waals surface area contributed by atoms with Crippen LogP contribution in [0.1, 0.15) is 48.8 Å². The summed E-state index contributed by atoms with van der Waals surface area (Å²) in [5.74, 6) is 0.271. The van der Waals surface area contributed by atoms with Crippen LogP contribution in [-0.2, 0) is 19.4 Å². The third-order valence-corrected chi connectivity index (χ3v) is 4.76. The van der Waals surface area contributed by atoms with Crippen molar-refractivity contribution in [2.75, 3.05) is 7.11 Å². The molecule has 1 N–H and O–H groups in total. The Morgan fingerprint density at radius 2 is 2.20 bits per heavy atom. The Labute approximate surface area is 148 Å². The molecule has 1 aliphatic carbocycles. The van der Waals surface area contributed by atoms with Crippen LogP contribution in [0.2, 0.25) is 0 Å². The van der Waals surface area contributed by atoms with Gasteiger partial charge in [-0.2, -0.15) is 0 Å². The highest BCUT2D eigenvalue weighted by atomic mass is 16.5. The number of aryl methyl sites for hydroxylation is 2. The number of nitrogens with zero attached hydrogens (tertiary/aromatic N) is 3. The van der Waals surface area contributed by atoms with Gasteiger partial charge < -0.3 is 14.6 Å². The number of hydrogen-bond acceptors (Lipinski definition) is 4. The summed E-state index contributed by atoms with van der Waals surface area (Å²) in [4.78, 5) is 21.6. The van der Waals surface area contributed by atoms with Gasteiger partial charge in [0.1, 0.15) is 5.56 Å². The number of rotatable bonds is 5. The minimum Gasteiger partial charge on any atom is -0.480 e. The van der Waals surface area contributed by atoms with Gasteiger partial charge in [0, 0.05) is 24.6 Å². The van der Waals surface area contributed by atoms with E-state index in [0.717, 1.165) is 30.5 Å². The molecule has 0 spiro atoms. The zero-order chi connectivity index (χ0) is 18.0. The van der Waals surface area contributed by atoms with Crippen LogP contribution in [0.4, 0.5) is 0 Å². The van der Waals surface area contributed by atoms with Crippen molar-refractivity contribution in [1.82, 2.24) is 19.9 Å². The van der Waals surface area contributed by atoms with E-state index in [1.54, 1.807) is 19.6 Å². The van der Waals surface area contributed by atoms with E-state index in [1.807, 2.05) is 16.8 Å². The van der Waals surface area contributed by atoms with E-state index in [1.165, 1.54) is 0 Å². The fourth-order valence-electron chi connectivity index (χ4n) is 3.15. The van der Waals surface area contributed by atoms with Crippen LogP contribution in [0.3, 0.4) is 0 Å². The van der Waals surface area contributed by atoms with Crippen LogP contribution in [0.5, 0.6) is 5.88 Å². The molecule has 0 radical (unpaired) electrons. The van der Waals surface area contributed by atoms with Crippen molar-refractivity contribution >= 4 is 5.91 Å². The normalized spacial score (nSPS) is 14.9. The second-order valence-electron chi connectivity index (χ2n) is 7.66. The minimum absolute atomic E-state index is 0.0489. The molecule has 134 valence electrons. The number of imidazole rings is 1. The van der Waals surface area contributed by atoms with Gasteiger partial charge in [0.15, 0.2) is 0 Å². The Bertz CT molecular complexity index is 748. The summed E-state index contributed by atoms with van der Waals surface area (Å²) >= 11 is 0. The molecule has 0 saturated heterocycles. The zero-order valence-electron chi connectivity index (χ0n) is 15.4. The van der Waals surface area contributed by atoms with Gasteiger partial charge in [-0.05, 0) is 36.3 Å². The van der Waals surface area contributed by atoms with Crippen molar-refractivity contribution in [2.24, 2.45) is 5.41 Å². The lowest BCUT2D eigenvalue weighted by atomic mass is 9.86. The van der Waals surface area contributed by atoms with E-state index >= 15 is 0 Å². The molecule has 6 heteroatoms. The summed E-state index contributed by atoms with van der Waals surface area (Å²) in [6, 6.07) is 1.90. The molecule has 2 aromatic rings. The predicted octanol–water partition coefficient (Wildman–Crippen LogP) is 2.62. The van der Waals surface area contributed by atoms with Gasteiger partial charge in [-0.25, -0.2) is 9.97 Å². The number of amides is 1. The summed E-state index contributed by atoms with van der Waals surface area (Å²) in [6.07, 6.45) is 8.44. The van der Waals surface area contributed by atoms with Gasteiger partial charge >= 0.3 is 0 Å². The molecule has 1 unspecified atom stereocenters. The Hall–Kier alpha value is -2.37. The fourth-order valence-corrected chi connectivity index (χ4v) is 3.15. The van der Waals surface area contributed by atoms with Crippen LogP contribution < -0.4 is 10.1 Å². The van der Waals surface area contributed by atoms with Gasteiger partial charge in [-0.3, -0.25) is 4.79 Å². The Morgan fingerprint density at radius 3 is 2.84 bits per heavy atom. The van der Waals surface area contributed by atoms with Crippen molar-refractivity contribution in [3.8, 4) is 5.88 Å². The standard InChI is InChI=1S/C19H26N4O2/c1-19(2,3)16(11-23-9-8-20-12-23)22-17(24)14-10-13-6-5-7-15(13)21-18(14)25-4/h8-10,12,16H,5-7,11H2,1-4H3,(H,22,24). The van der Waals surface area contributed by atoms with E-state index < -0.39 is 0 Å². The molecule has 1 atom stereocenters. The third-order valence-electron chi connectivity index (χ3n) is 4.76. The van der Waals surface area contributed by atoms with E-state index in [0.29, 0.717) is 18.0 Å². The van der Waals surface area contributed by atoms with Gasteiger partial charge in [-0.1, -0.05) is 20.8 Å². The SMILES string of the molecule is COc1nc2c(cc1C(=O)NC(Cn1ccnc1)C(C)(C)C)CCC2. The number of pyridine rings is 1. The van der Waals surface area contributed by atoms with Crippen LogP contribution in [0.25, 0.3) is 0 Å². The number of aromatic nitrogens is 3. The molecule has 25 heavy (non-hydrogen) atoms. The van der Waals surface area contributed by atoms with Crippen LogP contribution in [0, 0.1) is 5.41 Å². The van der Waals surface area contributed by atoms with Gasteiger partial charge in [0.2, 0.25) is 5.88 Å². The van der Waals surface area contributed by atoms with Crippen molar-refractivity contribution < 1.29 is 9.53 Å². The molecule has 1 aliphatic rings. The average molecular weight is 342 g/mol. The van der Waals surface area contributed by atoms with Crippen molar-refractivity contribution in [3.05, 3.63) is 41.6 Å². The van der Waals surface area contributed by atoms with E-state index in [9.17, 15) is 4.79 Å². The van der Waals surface area contributed by atoms with Crippen LogP contribution in [0.15, 0.2) is 24.8 Å². The lowest BCUT2D eigenvalue weighted by molar-refractivity contribution is 0.0888. The fraction of sp³-hybridized carbons (Fsp3) is 0.526. The molecule has 3 rings (SSSR count). The molecule has 2 heterocycles. The highest BCUT2D eigenvalue weighted by molar-refractivity contribution is 5.96. The lowest BCUT2D eigenvalue weighted by Crippen LogP contribution is -2.46. The summed E-state index contributed by atoms with van der Waals surface area (Å²) in [5.41, 5.74) is 2.63. The molecule has 0 aromatic carbocycles. The first kappa shape index (κ1) is 17.5. The quantitative estimate of drug-likeness (QED) is 0.907. The molecule has 0 bridgehead atoms. The third kappa shape index (κ3) is 3.83. The van der Waals surface area contributed by atoms with Gasteiger partial charge in [-0.15, -0.1) is 0 Å². The lowest BCUT2D eigenvalue weighted by Gasteiger charge is -2.32. The molecule has 0 fully saturated rings. The first-order valence-corrected chi connectivity index (χ1v) is 8.72. The summed E-state index contributed by atoms with van der Waals surface area (Å²) in [6.45, 7) is 7.02. The largest absolute Gasteiger partial charge is 0.480 e. The number of carbonyl (C=O) groups excluding carboxylic acids is 1. The average Bonchev–Trinajstić information content (AvgIpc) is 3.22. The van der Waals surface area contributed by atoms with E-state index in [4.69, 9.17) is 4.74 Å². The number of carbonyl (C=O) groups is 1.